The summed E-state index contributed by atoms with van der Waals surface area (Å²) in [5, 5.41) is 20.3. The lowest BCUT2D eigenvalue weighted by Gasteiger charge is -2.30. The molecule has 1 aromatic rings. The first-order valence-corrected chi connectivity index (χ1v) is 10.4. The fourth-order valence-electron chi connectivity index (χ4n) is 2.96. The Labute approximate surface area is 181 Å². The Kier molecular flexibility index (Phi) is 7.94. The molecule has 0 radical (unpaired) electrons. The molecule has 31 heavy (non-hydrogen) atoms. The van der Waals surface area contributed by atoms with Crippen molar-refractivity contribution in [3.8, 4) is 11.8 Å². The maximum atomic E-state index is 12.5. The van der Waals surface area contributed by atoms with Crippen molar-refractivity contribution in [1.29, 1.82) is 0 Å². The van der Waals surface area contributed by atoms with Gasteiger partial charge in [0.2, 0.25) is 11.8 Å². The zero-order valence-electron chi connectivity index (χ0n) is 18.5. The van der Waals surface area contributed by atoms with Crippen LogP contribution >= 0.6 is 0 Å². The molecule has 1 aliphatic heterocycles. The molecule has 1 aromatic heterocycles. The van der Waals surface area contributed by atoms with Crippen LogP contribution in [0.25, 0.3) is 0 Å². The number of hydrogen-bond donors (Lipinski definition) is 2. The van der Waals surface area contributed by atoms with Gasteiger partial charge in [-0.2, -0.15) is 5.06 Å². The first-order valence-electron chi connectivity index (χ1n) is 10.4. The SMILES string of the molecule is CCC(C)(CCC(=O)ON1CCCC1=O)OCCC(C)(C)C(=O)On1c(O)ccc1O. The molecule has 1 saturated heterocycles. The van der Waals surface area contributed by atoms with Crippen LogP contribution in [-0.4, -0.2) is 56.6 Å². The highest BCUT2D eigenvalue weighted by atomic mass is 16.7. The van der Waals surface area contributed by atoms with E-state index < -0.39 is 23.0 Å². The van der Waals surface area contributed by atoms with Gasteiger partial charge in [-0.1, -0.05) is 6.92 Å². The minimum absolute atomic E-state index is 0.103. The van der Waals surface area contributed by atoms with Crippen LogP contribution in [0.5, 0.6) is 11.8 Å². The van der Waals surface area contributed by atoms with E-state index in [4.69, 9.17) is 14.4 Å². The fourth-order valence-corrected chi connectivity index (χ4v) is 2.96. The molecule has 0 aliphatic carbocycles. The van der Waals surface area contributed by atoms with E-state index in [-0.39, 0.29) is 30.7 Å². The molecular weight excluding hydrogens is 408 g/mol. The van der Waals surface area contributed by atoms with Crippen LogP contribution < -0.4 is 4.84 Å². The third-order valence-corrected chi connectivity index (χ3v) is 5.55. The summed E-state index contributed by atoms with van der Waals surface area (Å²) >= 11 is 0. The second-order valence-corrected chi connectivity index (χ2v) is 8.57. The minimum Gasteiger partial charge on any atom is -0.492 e. The van der Waals surface area contributed by atoms with Gasteiger partial charge in [0.25, 0.3) is 5.91 Å². The van der Waals surface area contributed by atoms with Gasteiger partial charge in [-0.25, -0.2) is 9.59 Å². The Morgan fingerprint density at radius 3 is 2.29 bits per heavy atom. The lowest BCUT2D eigenvalue weighted by Crippen LogP contribution is -2.36. The van der Waals surface area contributed by atoms with Gasteiger partial charge < -0.3 is 24.6 Å². The Bertz CT molecular complexity index is 784. The van der Waals surface area contributed by atoms with Crippen LogP contribution in [0.3, 0.4) is 0 Å². The van der Waals surface area contributed by atoms with Gasteiger partial charge in [0, 0.05) is 25.2 Å². The second-order valence-electron chi connectivity index (χ2n) is 8.57. The van der Waals surface area contributed by atoms with E-state index in [0.717, 1.165) is 5.06 Å². The van der Waals surface area contributed by atoms with Crippen molar-refractivity contribution in [2.75, 3.05) is 13.2 Å². The molecule has 1 aliphatic rings. The van der Waals surface area contributed by atoms with Crippen molar-refractivity contribution in [2.45, 2.75) is 71.8 Å². The highest BCUT2D eigenvalue weighted by Crippen LogP contribution is 2.28. The molecule has 1 unspecified atom stereocenters. The third kappa shape index (κ3) is 6.61. The Morgan fingerprint density at radius 1 is 1.10 bits per heavy atom. The molecule has 0 bridgehead atoms. The summed E-state index contributed by atoms with van der Waals surface area (Å²) in [6, 6.07) is 2.41. The number of carbonyl (C=O) groups excluding carboxylic acids is 3. The molecule has 0 saturated carbocycles. The van der Waals surface area contributed by atoms with Crippen LogP contribution in [0.1, 0.15) is 66.2 Å². The van der Waals surface area contributed by atoms with Crippen molar-refractivity contribution in [3.63, 3.8) is 0 Å². The summed E-state index contributed by atoms with van der Waals surface area (Å²) in [6.07, 6.45) is 2.54. The zero-order valence-corrected chi connectivity index (χ0v) is 18.5. The van der Waals surface area contributed by atoms with E-state index in [0.29, 0.717) is 43.4 Å². The number of hydrogen-bond acceptors (Lipinski definition) is 8. The van der Waals surface area contributed by atoms with Crippen molar-refractivity contribution in [3.05, 3.63) is 12.1 Å². The first kappa shape index (κ1) is 24.5. The summed E-state index contributed by atoms with van der Waals surface area (Å²) in [7, 11) is 0. The molecule has 2 heterocycles. The number of carbonyl (C=O) groups is 3. The summed E-state index contributed by atoms with van der Waals surface area (Å²) in [4.78, 5) is 46.2. The van der Waals surface area contributed by atoms with Gasteiger partial charge >= 0.3 is 11.9 Å². The molecule has 0 spiro atoms. The fraction of sp³-hybridized carbons (Fsp3) is 0.667. The highest BCUT2D eigenvalue weighted by Gasteiger charge is 2.33. The maximum Gasteiger partial charge on any atom is 0.338 e. The standard InChI is InChI=1S/C21H32N2O8/c1-5-21(4,11-10-18(27)30-22-13-6-7-15(22)24)29-14-12-20(2,3)19(28)31-23-16(25)8-9-17(23)26/h8-9,25-26H,5-7,10-14H2,1-4H3. The van der Waals surface area contributed by atoms with E-state index in [1.54, 1.807) is 13.8 Å². The average Bonchev–Trinajstić information content (AvgIpc) is 3.26. The molecule has 1 amide bonds. The smallest absolute Gasteiger partial charge is 0.338 e. The van der Waals surface area contributed by atoms with Gasteiger partial charge in [-0.05, 0) is 46.5 Å². The van der Waals surface area contributed by atoms with Gasteiger partial charge in [0.05, 0.1) is 24.0 Å². The van der Waals surface area contributed by atoms with E-state index in [1.807, 2.05) is 13.8 Å². The summed E-state index contributed by atoms with van der Waals surface area (Å²) in [6.45, 7) is 7.81. The summed E-state index contributed by atoms with van der Waals surface area (Å²) < 4.78 is 6.64. The lowest BCUT2D eigenvalue weighted by atomic mass is 9.89. The van der Waals surface area contributed by atoms with E-state index >= 15 is 0 Å². The molecule has 2 rings (SSSR count). The van der Waals surface area contributed by atoms with Crippen molar-refractivity contribution in [1.82, 2.24) is 9.79 Å². The third-order valence-electron chi connectivity index (χ3n) is 5.55. The number of ether oxygens (including phenoxy) is 1. The van der Waals surface area contributed by atoms with Crippen LogP contribution in [0, 0.1) is 5.41 Å². The second kappa shape index (κ2) is 10.0. The quantitative estimate of drug-likeness (QED) is 0.537. The predicted molar refractivity (Wildman–Crippen MR) is 109 cm³/mol. The van der Waals surface area contributed by atoms with Crippen molar-refractivity contribution < 1.29 is 39.0 Å². The molecular formula is C21H32N2O8. The number of hydroxylamine groups is 2. The predicted octanol–water partition coefficient (Wildman–Crippen LogP) is 2.32. The monoisotopic (exact) mass is 440 g/mol. The highest BCUT2D eigenvalue weighted by molar-refractivity contribution is 5.79. The average molecular weight is 440 g/mol. The largest absolute Gasteiger partial charge is 0.492 e. The number of rotatable bonds is 11. The van der Waals surface area contributed by atoms with Crippen LogP contribution in [0.4, 0.5) is 0 Å². The van der Waals surface area contributed by atoms with Gasteiger partial charge in [-0.3, -0.25) is 4.79 Å². The first-order chi connectivity index (χ1) is 14.5. The zero-order chi connectivity index (χ0) is 23.2. The minimum atomic E-state index is -0.952. The van der Waals surface area contributed by atoms with Gasteiger partial charge in [-0.15, -0.1) is 4.73 Å². The maximum absolute atomic E-state index is 12.5. The molecule has 1 atom stereocenters. The molecule has 10 nitrogen and oxygen atoms in total. The molecule has 10 heteroatoms. The Hall–Kier alpha value is -2.75. The van der Waals surface area contributed by atoms with E-state index in [1.165, 1.54) is 12.1 Å². The van der Waals surface area contributed by atoms with Crippen LogP contribution in [-0.2, 0) is 24.0 Å². The Morgan fingerprint density at radius 2 is 1.74 bits per heavy atom. The summed E-state index contributed by atoms with van der Waals surface area (Å²) in [5.41, 5.74) is -1.56. The van der Waals surface area contributed by atoms with Crippen LogP contribution in [0.2, 0.25) is 0 Å². The van der Waals surface area contributed by atoms with E-state index in [2.05, 4.69) is 0 Å². The number of aromatic nitrogens is 1. The van der Waals surface area contributed by atoms with Gasteiger partial charge in [0.15, 0.2) is 0 Å². The molecule has 2 N–H and O–H groups in total. The number of aromatic hydroxyl groups is 2. The lowest BCUT2D eigenvalue weighted by molar-refractivity contribution is -0.194. The van der Waals surface area contributed by atoms with Crippen molar-refractivity contribution >= 4 is 17.8 Å². The Balaban J connectivity index is 1.80. The molecule has 174 valence electrons. The van der Waals surface area contributed by atoms with Gasteiger partial charge in [0.1, 0.15) is 0 Å². The number of amides is 1. The normalized spacial score (nSPS) is 16.3. The molecule has 1 fully saturated rings. The molecule has 0 aromatic carbocycles. The summed E-state index contributed by atoms with van der Waals surface area (Å²) in [5.74, 6) is -2.08. The van der Waals surface area contributed by atoms with E-state index in [9.17, 15) is 24.6 Å². The number of nitrogens with zero attached hydrogens (tertiary/aromatic N) is 2. The van der Waals surface area contributed by atoms with Crippen molar-refractivity contribution in [2.24, 2.45) is 5.41 Å². The van der Waals surface area contributed by atoms with Crippen LogP contribution in [0.15, 0.2) is 12.1 Å². The topological polar surface area (TPSA) is 128 Å².